The first-order valence-corrected chi connectivity index (χ1v) is 8.24. The Morgan fingerprint density at radius 2 is 1.17 bits per heavy atom. The standard InChI is InChI=1S/C23H20/c1-16(2)17-7-9-18(10-8-17)21-14-13-20-12-11-19-5-3-4-6-22(19)23(20)15-21/h3-16H,1-2H3. The number of fused-ring (bicyclic) bond motifs is 3. The van der Waals surface area contributed by atoms with Gasteiger partial charge in [-0.15, -0.1) is 0 Å². The zero-order valence-electron chi connectivity index (χ0n) is 13.6. The average Bonchev–Trinajstić information content (AvgIpc) is 2.61. The van der Waals surface area contributed by atoms with Gasteiger partial charge in [-0.1, -0.05) is 86.6 Å². The maximum atomic E-state index is 2.32. The van der Waals surface area contributed by atoms with Crippen LogP contribution in [0.15, 0.2) is 78.9 Å². The Hall–Kier alpha value is -2.60. The van der Waals surface area contributed by atoms with Crippen molar-refractivity contribution in [1.82, 2.24) is 0 Å². The molecule has 0 unspecified atom stereocenters. The summed E-state index contributed by atoms with van der Waals surface area (Å²) in [7, 11) is 0. The minimum absolute atomic E-state index is 0.574. The maximum Gasteiger partial charge on any atom is -0.00992 e. The fraction of sp³-hybridized carbons (Fsp3) is 0.130. The molecule has 0 bridgehead atoms. The zero-order valence-corrected chi connectivity index (χ0v) is 13.6. The minimum atomic E-state index is 0.574. The third-order valence-electron chi connectivity index (χ3n) is 4.66. The molecule has 0 fully saturated rings. The van der Waals surface area contributed by atoms with Crippen molar-refractivity contribution in [2.24, 2.45) is 0 Å². The van der Waals surface area contributed by atoms with Crippen molar-refractivity contribution in [2.75, 3.05) is 0 Å². The highest BCUT2D eigenvalue weighted by molar-refractivity contribution is 6.08. The van der Waals surface area contributed by atoms with Gasteiger partial charge in [0.05, 0.1) is 0 Å². The van der Waals surface area contributed by atoms with Gasteiger partial charge in [0.25, 0.3) is 0 Å². The van der Waals surface area contributed by atoms with Crippen LogP contribution in [0.3, 0.4) is 0 Å². The van der Waals surface area contributed by atoms with Gasteiger partial charge in [0, 0.05) is 0 Å². The molecule has 0 aliphatic heterocycles. The topological polar surface area (TPSA) is 0 Å². The number of hydrogen-bond donors (Lipinski definition) is 0. The van der Waals surface area contributed by atoms with Crippen LogP contribution < -0.4 is 0 Å². The van der Waals surface area contributed by atoms with E-state index in [4.69, 9.17) is 0 Å². The average molecular weight is 296 g/mol. The monoisotopic (exact) mass is 296 g/mol. The number of hydrogen-bond acceptors (Lipinski definition) is 0. The van der Waals surface area contributed by atoms with Crippen LogP contribution in [-0.2, 0) is 0 Å². The highest BCUT2D eigenvalue weighted by Crippen LogP contribution is 2.30. The van der Waals surface area contributed by atoms with Gasteiger partial charge in [-0.3, -0.25) is 0 Å². The Labute approximate surface area is 137 Å². The van der Waals surface area contributed by atoms with E-state index in [-0.39, 0.29) is 0 Å². The molecule has 0 saturated carbocycles. The molecule has 4 aromatic rings. The van der Waals surface area contributed by atoms with E-state index in [2.05, 4.69) is 92.7 Å². The smallest absolute Gasteiger partial charge is 0.00992 e. The minimum Gasteiger partial charge on any atom is -0.0616 e. The normalized spacial score (nSPS) is 11.4. The first kappa shape index (κ1) is 14.0. The lowest BCUT2D eigenvalue weighted by Crippen LogP contribution is -1.87. The van der Waals surface area contributed by atoms with Crippen molar-refractivity contribution >= 4 is 21.5 Å². The summed E-state index contributed by atoms with van der Waals surface area (Å²) < 4.78 is 0. The molecule has 4 aromatic carbocycles. The summed E-state index contributed by atoms with van der Waals surface area (Å²) >= 11 is 0. The van der Waals surface area contributed by atoms with Gasteiger partial charge in [-0.2, -0.15) is 0 Å². The summed E-state index contributed by atoms with van der Waals surface area (Å²) in [6.45, 7) is 4.47. The largest absolute Gasteiger partial charge is 0.0616 e. The molecule has 0 atom stereocenters. The van der Waals surface area contributed by atoms with Gasteiger partial charge in [-0.25, -0.2) is 0 Å². The summed E-state index contributed by atoms with van der Waals surface area (Å²) in [5.41, 5.74) is 3.95. The van der Waals surface area contributed by atoms with E-state index in [0.717, 1.165) is 0 Å². The maximum absolute atomic E-state index is 2.32. The molecular weight excluding hydrogens is 276 g/mol. The van der Waals surface area contributed by atoms with Crippen LogP contribution >= 0.6 is 0 Å². The van der Waals surface area contributed by atoms with E-state index in [1.165, 1.54) is 38.2 Å². The van der Waals surface area contributed by atoms with Gasteiger partial charge < -0.3 is 0 Å². The van der Waals surface area contributed by atoms with E-state index in [0.29, 0.717) is 5.92 Å². The Morgan fingerprint density at radius 1 is 0.565 bits per heavy atom. The van der Waals surface area contributed by atoms with Gasteiger partial charge in [-0.05, 0) is 50.2 Å². The van der Waals surface area contributed by atoms with E-state index in [9.17, 15) is 0 Å². The van der Waals surface area contributed by atoms with Crippen molar-refractivity contribution in [1.29, 1.82) is 0 Å². The lowest BCUT2D eigenvalue weighted by molar-refractivity contribution is 0.867. The van der Waals surface area contributed by atoms with Crippen LogP contribution in [0.2, 0.25) is 0 Å². The quantitative estimate of drug-likeness (QED) is 0.357. The molecule has 0 saturated heterocycles. The molecule has 112 valence electrons. The van der Waals surface area contributed by atoms with Gasteiger partial charge in [0.1, 0.15) is 0 Å². The van der Waals surface area contributed by atoms with Gasteiger partial charge in [0.15, 0.2) is 0 Å². The SMILES string of the molecule is CC(C)c1ccc(-c2ccc3ccc4ccccc4c3c2)cc1. The summed E-state index contributed by atoms with van der Waals surface area (Å²) in [6.07, 6.45) is 0. The molecule has 0 aliphatic carbocycles. The second-order valence-electron chi connectivity index (χ2n) is 6.50. The van der Waals surface area contributed by atoms with Crippen molar-refractivity contribution in [3.8, 4) is 11.1 Å². The molecule has 0 heterocycles. The molecule has 23 heavy (non-hydrogen) atoms. The fourth-order valence-electron chi connectivity index (χ4n) is 3.24. The van der Waals surface area contributed by atoms with Crippen molar-refractivity contribution in [3.05, 3.63) is 84.4 Å². The van der Waals surface area contributed by atoms with E-state index in [1.54, 1.807) is 0 Å². The third-order valence-corrected chi connectivity index (χ3v) is 4.66. The highest BCUT2D eigenvalue weighted by Gasteiger charge is 2.04. The van der Waals surface area contributed by atoms with Crippen LogP contribution in [0.4, 0.5) is 0 Å². The second-order valence-corrected chi connectivity index (χ2v) is 6.50. The first-order chi connectivity index (χ1) is 11.2. The summed E-state index contributed by atoms with van der Waals surface area (Å²) in [4.78, 5) is 0. The molecule has 0 aliphatic rings. The van der Waals surface area contributed by atoms with Crippen LogP contribution in [0.1, 0.15) is 25.3 Å². The Kier molecular flexibility index (Phi) is 3.38. The second kappa shape index (κ2) is 5.55. The fourth-order valence-corrected chi connectivity index (χ4v) is 3.24. The predicted octanol–water partition coefficient (Wildman–Crippen LogP) is 6.78. The van der Waals surface area contributed by atoms with E-state index in [1.807, 2.05) is 0 Å². The van der Waals surface area contributed by atoms with Crippen LogP contribution in [-0.4, -0.2) is 0 Å². The molecule has 4 rings (SSSR count). The number of rotatable bonds is 2. The first-order valence-electron chi connectivity index (χ1n) is 8.24. The lowest BCUT2D eigenvalue weighted by Gasteiger charge is -2.09. The molecule has 0 heteroatoms. The van der Waals surface area contributed by atoms with Crippen LogP contribution in [0.5, 0.6) is 0 Å². The molecule has 0 N–H and O–H groups in total. The van der Waals surface area contributed by atoms with E-state index < -0.39 is 0 Å². The third kappa shape index (κ3) is 2.51. The van der Waals surface area contributed by atoms with Crippen LogP contribution in [0, 0.1) is 0 Å². The Morgan fingerprint density at radius 3 is 1.91 bits per heavy atom. The molecule has 0 aromatic heterocycles. The van der Waals surface area contributed by atoms with Gasteiger partial charge in [0.2, 0.25) is 0 Å². The van der Waals surface area contributed by atoms with Gasteiger partial charge >= 0.3 is 0 Å². The van der Waals surface area contributed by atoms with Crippen molar-refractivity contribution in [3.63, 3.8) is 0 Å². The molecule has 0 spiro atoms. The molecule has 0 amide bonds. The summed E-state index contributed by atoms with van der Waals surface area (Å²) in [5.74, 6) is 0.574. The zero-order chi connectivity index (χ0) is 15.8. The van der Waals surface area contributed by atoms with Crippen molar-refractivity contribution in [2.45, 2.75) is 19.8 Å². The van der Waals surface area contributed by atoms with Crippen molar-refractivity contribution < 1.29 is 0 Å². The molecule has 0 nitrogen and oxygen atoms in total. The Balaban J connectivity index is 1.89. The molecular formula is C23H20. The van der Waals surface area contributed by atoms with Crippen LogP contribution in [0.25, 0.3) is 32.7 Å². The van der Waals surface area contributed by atoms with E-state index >= 15 is 0 Å². The highest BCUT2D eigenvalue weighted by atomic mass is 14.1. The summed E-state index contributed by atoms with van der Waals surface area (Å²) in [5, 5.41) is 5.25. The lowest BCUT2D eigenvalue weighted by atomic mass is 9.95. The summed E-state index contributed by atoms with van der Waals surface area (Å²) in [6, 6.07) is 28.8. The molecule has 0 radical (unpaired) electrons. The predicted molar refractivity (Wildman–Crippen MR) is 101 cm³/mol. The number of benzene rings is 4. The Bertz CT molecular complexity index is 976.